The lowest BCUT2D eigenvalue weighted by atomic mass is 10.2. The van der Waals surface area contributed by atoms with Crippen LogP contribution >= 0.6 is 0 Å². The van der Waals surface area contributed by atoms with Gasteiger partial charge in [0.2, 0.25) is 5.96 Å². The summed E-state index contributed by atoms with van der Waals surface area (Å²) in [5.74, 6) is 0.976. The molecule has 0 bridgehead atoms. The lowest BCUT2D eigenvalue weighted by molar-refractivity contribution is 0.0975. The molecule has 0 radical (unpaired) electrons. The summed E-state index contributed by atoms with van der Waals surface area (Å²) >= 11 is 0. The molecular formula is C23H30N4O3. The van der Waals surface area contributed by atoms with Crippen LogP contribution < -0.4 is 20.3 Å². The second-order valence-electron chi connectivity index (χ2n) is 7.31. The van der Waals surface area contributed by atoms with Crippen LogP contribution in [-0.2, 0) is 4.74 Å². The quantitative estimate of drug-likeness (QED) is 0.540. The van der Waals surface area contributed by atoms with Crippen molar-refractivity contribution in [3.63, 3.8) is 0 Å². The summed E-state index contributed by atoms with van der Waals surface area (Å²) in [7, 11) is 3.89. The fourth-order valence-electron chi connectivity index (χ4n) is 3.13. The molecule has 1 atom stereocenters. The molecule has 2 aromatic rings. The maximum atomic E-state index is 12.9. The van der Waals surface area contributed by atoms with Gasteiger partial charge >= 0.3 is 0 Å². The van der Waals surface area contributed by atoms with E-state index in [4.69, 9.17) is 9.47 Å². The summed E-state index contributed by atoms with van der Waals surface area (Å²) in [5.41, 5.74) is 2.34. The number of benzene rings is 2. The molecule has 7 nitrogen and oxygen atoms in total. The lowest BCUT2D eigenvalue weighted by Gasteiger charge is -2.15. The maximum absolute atomic E-state index is 12.9. The Morgan fingerprint density at radius 3 is 2.70 bits per heavy atom. The van der Waals surface area contributed by atoms with Crippen molar-refractivity contribution < 1.29 is 14.3 Å². The van der Waals surface area contributed by atoms with Gasteiger partial charge in [0.05, 0.1) is 19.3 Å². The summed E-state index contributed by atoms with van der Waals surface area (Å²) in [6, 6.07) is 15.0. The molecule has 2 aromatic carbocycles. The molecule has 30 heavy (non-hydrogen) atoms. The third kappa shape index (κ3) is 6.22. The van der Waals surface area contributed by atoms with Crippen LogP contribution in [0.25, 0.3) is 0 Å². The van der Waals surface area contributed by atoms with E-state index in [1.807, 2.05) is 68.4 Å². The van der Waals surface area contributed by atoms with Gasteiger partial charge in [-0.3, -0.25) is 10.1 Å². The van der Waals surface area contributed by atoms with E-state index in [9.17, 15) is 4.79 Å². The summed E-state index contributed by atoms with van der Waals surface area (Å²) in [6.45, 7) is 3.83. The Morgan fingerprint density at radius 1 is 1.23 bits per heavy atom. The molecule has 1 aliphatic heterocycles. The minimum Gasteiger partial charge on any atom is -0.494 e. The second-order valence-corrected chi connectivity index (χ2v) is 7.31. The summed E-state index contributed by atoms with van der Waals surface area (Å²) in [5, 5.41) is 6.11. The van der Waals surface area contributed by atoms with Gasteiger partial charge in [0.15, 0.2) is 0 Å². The highest BCUT2D eigenvalue weighted by Crippen LogP contribution is 2.17. The molecule has 160 valence electrons. The highest BCUT2D eigenvalue weighted by molar-refractivity contribution is 6.10. The molecule has 3 rings (SSSR count). The molecule has 0 spiro atoms. The minimum atomic E-state index is -0.219. The van der Waals surface area contributed by atoms with E-state index in [2.05, 4.69) is 15.6 Å². The molecule has 0 aromatic heterocycles. The number of guanidine groups is 1. The van der Waals surface area contributed by atoms with Crippen molar-refractivity contribution in [2.24, 2.45) is 4.99 Å². The van der Waals surface area contributed by atoms with Crippen molar-refractivity contribution in [3.8, 4) is 5.75 Å². The van der Waals surface area contributed by atoms with Gasteiger partial charge < -0.3 is 19.7 Å². The highest BCUT2D eigenvalue weighted by Gasteiger charge is 2.16. The number of carbonyl (C=O) groups excluding carboxylic acids is 1. The number of nitrogens with zero attached hydrogens (tertiary/aromatic N) is 2. The number of anilines is 2. The smallest absolute Gasteiger partial charge is 0.258 e. The zero-order valence-corrected chi connectivity index (χ0v) is 17.9. The third-order valence-corrected chi connectivity index (χ3v) is 4.76. The summed E-state index contributed by atoms with van der Waals surface area (Å²) in [6.07, 6.45) is 2.13. The second kappa shape index (κ2) is 10.6. The number of amides is 1. The van der Waals surface area contributed by atoms with Gasteiger partial charge in [-0.15, -0.1) is 0 Å². The van der Waals surface area contributed by atoms with Gasteiger partial charge in [-0.1, -0.05) is 6.07 Å². The van der Waals surface area contributed by atoms with Crippen LogP contribution in [0.15, 0.2) is 53.5 Å². The van der Waals surface area contributed by atoms with Crippen LogP contribution in [-0.4, -0.2) is 51.8 Å². The average Bonchev–Trinajstić information content (AvgIpc) is 3.27. The van der Waals surface area contributed by atoms with Crippen LogP contribution in [0.5, 0.6) is 5.75 Å². The first kappa shape index (κ1) is 21.6. The number of rotatable bonds is 7. The van der Waals surface area contributed by atoms with E-state index in [-0.39, 0.29) is 12.0 Å². The standard InChI is InChI=1S/C23H30N4O3/c1-4-29-20-12-10-18(11-13-20)25-23(24-16-21-9-6-14-30-21)26-22(28)17-7-5-8-19(15-17)27(2)3/h5,7-8,10-13,15,21H,4,6,9,14,16H2,1-3H3,(H2,24,25,26,28). The molecule has 2 N–H and O–H groups in total. The van der Waals surface area contributed by atoms with Crippen LogP contribution in [0.3, 0.4) is 0 Å². The number of ether oxygens (including phenoxy) is 2. The highest BCUT2D eigenvalue weighted by atomic mass is 16.5. The van der Waals surface area contributed by atoms with Crippen molar-refractivity contribution in [2.45, 2.75) is 25.9 Å². The molecule has 7 heteroatoms. The third-order valence-electron chi connectivity index (χ3n) is 4.76. The first-order valence-corrected chi connectivity index (χ1v) is 10.3. The number of hydrogen-bond acceptors (Lipinski definition) is 5. The molecule has 0 saturated carbocycles. The first-order valence-electron chi connectivity index (χ1n) is 10.3. The molecule has 1 saturated heterocycles. The Balaban J connectivity index is 1.73. The van der Waals surface area contributed by atoms with Crippen LogP contribution in [0.1, 0.15) is 30.1 Å². The Hall–Kier alpha value is -3.06. The average molecular weight is 411 g/mol. The van der Waals surface area contributed by atoms with Crippen molar-refractivity contribution in [3.05, 3.63) is 54.1 Å². The SMILES string of the molecule is CCOc1ccc(NC(=NCC2CCCO2)NC(=O)c2cccc(N(C)C)c2)cc1. The van der Waals surface area contributed by atoms with E-state index >= 15 is 0 Å². The fraction of sp³-hybridized carbons (Fsp3) is 0.391. The molecule has 1 fully saturated rings. The molecular weight excluding hydrogens is 380 g/mol. The van der Waals surface area contributed by atoms with E-state index in [0.717, 1.165) is 36.6 Å². The predicted octanol–water partition coefficient (Wildman–Crippen LogP) is 3.53. The van der Waals surface area contributed by atoms with E-state index in [0.29, 0.717) is 24.7 Å². The molecule has 1 aliphatic rings. The van der Waals surface area contributed by atoms with Crippen molar-refractivity contribution >= 4 is 23.2 Å². The molecule has 0 aliphatic carbocycles. The van der Waals surface area contributed by atoms with Gasteiger partial charge in [0, 0.05) is 37.6 Å². The fourth-order valence-corrected chi connectivity index (χ4v) is 3.13. The van der Waals surface area contributed by atoms with E-state index in [1.165, 1.54) is 0 Å². The number of carbonyl (C=O) groups is 1. The number of hydrogen-bond donors (Lipinski definition) is 2. The normalized spacial score (nSPS) is 16.2. The maximum Gasteiger partial charge on any atom is 0.258 e. The van der Waals surface area contributed by atoms with Gasteiger partial charge in [0.25, 0.3) is 5.91 Å². The summed E-state index contributed by atoms with van der Waals surface area (Å²) in [4.78, 5) is 19.4. The van der Waals surface area contributed by atoms with E-state index in [1.54, 1.807) is 6.07 Å². The van der Waals surface area contributed by atoms with Gasteiger partial charge in [-0.25, -0.2) is 4.99 Å². The Bertz CT molecular complexity index is 859. The molecule has 1 unspecified atom stereocenters. The van der Waals surface area contributed by atoms with Crippen molar-refractivity contribution in [1.82, 2.24) is 5.32 Å². The van der Waals surface area contributed by atoms with Gasteiger partial charge in [-0.2, -0.15) is 0 Å². The Labute approximate surface area is 178 Å². The largest absolute Gasteiger partial charge is 0.494 e. The lowest BCUT2D eigenvalue weighted by Crippen LogP contribution is -2.36. The van der Waals surface area contributed by atoms with Crippen molar-refractivity contribution in [1.29, 1.82) is 0 Å². The van der Waals surface area contributed by atoms with E-state index < -0.39 is 0 Å². The van der Waals surface area contributed by atoms with Crippen LogP contribution in [0.4, 0.5) is 11.4 Å². The zero-order chi connectivity index (χ0) is 21.3. The zero-order valence-electron chi connectivity index (χ0n) is 17.9. The Morgan fingerprint density at radius 2 is 2.03 bits per heavy atom. The first-order chi connectivity index (χ1) is 14.5. The van der Waals surface area contributed by atoms with Gasteiger partial charge in [0.1, 0.15) is 5.75 Å². The molecule has 1 amide bonds. The topological polar surface area (TPSA) is 75.2 Å². The van der Waals surface area contributed by atoms with Crippen molar-refractivity contribution in [2.75, 3.05) is 44.1 Å². The summed E-state index contributed by atoms with van der Waals surface area (Å²) < 4.78 is 11.1. The van der Waals surface area contributed by atoms with Crippen LogP contribution in [0.2, 0.25) is 0 Å². The number of nitrogens with one attached hydrogen (secondary N) is 2. The monoisotopic (exact) mass is 410 g/mol. The minimum absolute atomic E-state index is 0.0936. The molecule has 1 heterocycles. The predicted molar refractivity (Wildman–Crippen MR) is 121 cm³/mol. The van der Waals surface area contributed by atoms with Gasteiger partial charge in [-0.05, 0) is 62.2 Å². The Kier molecular flexibility index (Phi) is 7.68. The van der Waals surface area contributed by atoms with Crippen LogP contribution in [0, 0.1) is 0 Å². The number of aliphatic imine (C=N–C) groups is 1.